The molecule has 1 aliphatic carbocycles. The lowest BCUT2D eigenvalue weighted by atomic mass is 10.1. The van der Waals surface area contributed by atoms with Crippen LogP contribution in [-0.2, 0) is 16.4 Å². The Morgan fingerprint density at radius 2 is 2.15 bits per heavy atom. The molecular formula is C9H10NO2S+. The number of hydrogen-bond donors (Lipinski definition) is 1. The first-order valence-corrected chi connectivity index (χ1v) is 5.44. The molecule has 68 valence electrons. The number of benzene rings is 1. The molecule has 2 N–H and O–H groups in total. The quantitative estimate of drug-likeness (QED) is 0.728. The number of fused-ring (bicyclic) bond motifs is 1. The summed E-state index contributed by atoms with van der Waals surface area (Å²) in [5.41, 5.74) is 2.10. The van der Waals surface area contributed by atoms with Crippen molar-refractivity contribution >= 4 is 16.1 Å². The first-order chi connectivity index (χ1) is 6.07. The largest absolute Gasteiger partial charge is 1.00 e. The van der Waals surface area contributed by atoms with E-state index in [4.69, 9.17) is 5.14 Å². The van der Waals surface area contributed by atoms with Crippen molar-refractivity contribution in [2.45, 2.75) is 11.3 Å². The van der Waals surface area contributed by atoms with Gasteiger partial charge in [-0.1, -0.05) is 18.2 Å². The Morgan fingerprint density at radius 3 is 2.85 bits per heavy atom. The van der Waals surface area contributed by atoms with Gasteiger partial charge >= 0.3 is 1.43 Å². The highest BCUT2D eigenvalue weighted by Crippen LogP contribution is 2.21. The Kier molecular flexibility index (Phi) is 1.75. The van der Waals surface area contributed by atoms with Gasteiger partial charge in [-0.3, -0.25) is 0 Å². The fourth-order valence-electron chi connectivity index (χ4n) is 1.40. The zero-order chi connectivity index (χ0) is 9.47. The second kappa shape index (κ2) is 2.68. The highest BCUT2D eigenvalue weighted by Gasteiger charge is 2.11. The molecule has 0 spiro atoms. The van der Waals surface area contributed by atoms with Crippen LogP contribution in [0.3, 0.4) is 0 Å². The number of allylic oxidation sites excluding steroid dienone is 1. The van der Waals surface area contributed by atoms with E-state index in [9.17, 15) is 8.42 Å². The van der Waals surface area contributed by atoms with E-state index in [1.807, 2.05) is 12.2 Å². The molecule has 1 aromatic rings. The number of hydrogen-bond acceptors (Lipinski definition) is 2. The summed E-state index contributed by atoms with van der Waals surface area (Å²) < 4.78 is 22.0. The molecule has 13 heavy (non-hydrogen) atoms. The molecule has 0 saturated heterocycles. The summed E-state index contributed by atoms with van der Waals surface area (Å²) in [6, 6.07) is 4.95. The van der Waals surface area contributed by atoms with Gasteiger partial charge < -0.3 is 0 Å². The maximum atomic E-state index is 11.0. The number of nitrogens with two attached hydrogens (primary N) is 1. The molecule has 1 aromatic carbocycles. The average molecular weight is 196 g/mol. The van der Waals surface area contributed by atoms with Gasteiger partial charge in [-0.05, 0) is 29.7 Å². The van der Waals surface area contributed by atoms with Crippen LogP contribution < -0.4 is 5.14 Å². The molecule has 0 amide bonds. The molecule has 0 aliphatic heterocycles. The van der Waals surface area contributed by atoms with Crippen molar-refractivity contribution in [1.82, 2.24) is 0 Å². The number of sulfonamides is 1. The zero-order valence-electron chi connectivity index (χ0n) is 7.90. The maximum Gasteiger partial charge on any atom is 1.00 e. The first kappa shape index (κ1) is 8.47. The molecule has 0 aromatic heterocycles. The average Bonchev–Trinajstić information content (AvgIpc) is 2.47. The van der Waals surface area contributed by atoms with Gasteiger partial charge in [-0.25, -0.2) is 13.6 Å². The van der Waals surface area contributed by atoms with Crippen LogP contribution in [0.2, 0.25) is 0 Å². The summed E-state index contributed by atoms with van der Waals surface area (Å²) in [6.45, 7) is 0. The Bertz CT molecular complexity index is 480. The van der Waals surface area contributed by atoms with Crippen molar-refractivity contribution in [2.24, 2.45) is 5.14 Å². The monoisotopic (exact) mass is 196 g/mol. The predicted octanol–water partition coefficient (Wildman–Crippen LogP) is 1.02. The van der Waals surface area contributed by atoms with Crippen molar-refractivity contribution < 1.29 is 9.84 Å². The third-order valence-corrected chi connectivity index (χ3v) is 2.99. The Morgan fingerprint density at radius 1 is 1.38 bits per heavy atom. The zero-order valence-corrected chi connectivity index (χ0v) is 7.71. The van der Waals surface area contributed by atoms with Crippen LogP contribution in [0.4, 0.5) is 0 Å². The van der Waals surface area contributed by atoms with E-state index < -0.39 is 10.0 Å². The minimum absolute atomic E-state index is 0. The van der Waals surface area contributed by atoms with Crippen LogP contribution in [-0.4, -0.2) is 8.42 Å². The predicted molar refractivity (Wildman–Crippen MR) is 51.7 cm³/mol. The third kappa shape index (κ3) is 1.50. The molecule has 0 radical (unpaired) electrons. The maximum absolute atomic E-state index is 11.0. The first-order valence-electron chi connectivity index (χ1n) is 3.90. The molecule has 0 fully saturated rings. The van der Waals surface area contributed by atoms with Gasteiger partial charge in [-0.2, -0.15) is 0 Å². The van der Waals surface area contributed by atoms with E-state index >= 15 is 0 Å². The fraction of sp³-hybridized carbons (Fsp3) is 0.111. The van der Waals surface area contributed by atoms with Crippen molar-refractivity contribution in [2.75, 3.05) is 0 Å². The summed E-state index contributed by atoms with van der Waals surface area (Å²) in [5.74, 6) is 0. The molecule has 0 saturated carbocycles. The minimum atomic E-state index is -3.56. The topological polar surface area (TPSA) is 60.2 Å². The van der Waals surface area contributed by atoms with E-state index in [2.05, 4.69) is 0 Å². The van der Waals surface area contributed by atoms with Gasteiger partial charge in [0.1, 0.15) is 0 Å². The summed E-state index contributed by atoms with van der Waals surface area (Å²) >= 11 is 0. The standard InChI is InChI=1S/C9H9NO2S/c10-13(11,12)9-5-4-7-2-1-3-8(7)6-9/h1,3-6H,2H2,(H2,10,11,12)/p+1. The normalized spacial score (nSPS) is 14.5. The van der Waals surface area contributed by atoms with Crippen molar-refractivity contribution in [3.8, 4) is 0 Å². The van der Waals surface area contributed by atoms with Gasteiger partial charge in [0.25, 0.3) is 0 Å². The second-order valence-electron chi connectivity index (χ2n) is 3.01. The van der Waals surface area contributed by atoms with Crippen LogP contribution in [0.15, 0.2) is 29.2 Å². The van der Waals surface area contributed by atoms with Crippen molar-refractivity contribution in [3.05, 3.63) is 35.4 Å². The van der Waals surface area contributed by atoms with Crippen LogP contribution in [0, 0.1) is 0 Å². The van der Waals surface area contributed by atoms with Crippen molar-refractivity contribution in [1.29, 1.82) is 0 Å². The summed E-state index contributed by atoms with van der Waals surface area (Å²) in [4.78, 5) is 0.179. The molecule has 1 aliphatic rings. The number of primary sulfonamides is 1. The molecule has 0 heterocycles. The molecule has 3 nitrogen and oxygen atoms in total. The van der Waals surface area contributed by atoms with Crippen LogP contribution in [0.5, 0.6) is 0 Å². The van der Waals surface area contributed by atoms with Gasteiger partial charge in [-0.15, -0.1) is 0 Å². The van der Waals surface area contributed by atoms with E-state index in [1.165, 1.54) is 0 Å². The Hall–Kier alpha value is -1.13. The van der Waals surface area contributed by atoms with E-state index in [1.54, 1.807) is 18.2 Å². The van der Waals surface area contributed by atoms with Gasteiger partial charge in [0, 0.05) is 0 Å². The van der Waals surface area contributed by atoms with Gasteiger partial charge in [0.2, 0.25) is 10.0 Å². The lowest BCUT2D eigenvalue weighted by Crippen LogP contribution is -2.12. The lowest BCUT2D eigenvalue weighted by Gasteiger charge is -2.01. The minimum Gasteiger partial charge on any atom is -0.225 e. The van der Waals surface area contributed by atoms with Crippen LogP contribution >= 0.6 is 0 Å². The Labute approximate surface area is 78.4 Å². The summed E-state index contributed by atoms with van der Waals surface area (Å²) in [5, 5.41) is 5.00. The molecule has 0 bridgehead atoms. The summed E-state index contributed by atoms with van der Waals surface area (Å²) in [6.07, 6.45) is 4.78. The Balaban J connectivity index is 0.000000980. The molecule has 0 atom stereocenters. The fourth-order valence-corrected chi connectivity index (χ4v) is 1.95. The molecule has 2 rings (SSSR count). The molecule has 4 heteroatoms. The van der Waals surface area contributed by atoms with Crippen LogP contribution in [0.25, 0.3) is 6.08 Å². The second-order valence-corrected chi connectivity index (χ2v) is 4.57. The molecular weight excluding hydrogens is 186 g/mol. The molecule has 0 unspecified atom stereocenters. The third-order valence-electron chi connectivity index (χ3n) is 2.08. The van der Waals surface area contributed by atoms with E-state index in [-0.39, 0.29) is 6.32 Å². The smallest absolute Gasteiger partial charge is 0.225 e. The van der Waals surface area contributed by atoms with Gasteiger partial charge in [0.05, 0.1) is 4.90 Å². The highest BCUT2D eigenvalue weighted by molar-refractivity contribution is 7.89. The SMILES string of the molecule is NS(=O)(=O)c1ccc2c(c1)C=CC2.[H+]. The number of rotatable bonds is 1. The highest BCUT2D eigenvalue weighted by atomic mass is 32.2. The summed E-state index contributed by atoms with van der Waals surface area (Å²) in [7, 11) is -3.56. The van der Waals surface area contributed by atoms with E-state index in [0.29, 0.717) is 0 Å². The lowest BCUT2D eigenvalue weighted by molar-refractivity contribution is 0.598. The van der Waals surface area contributed by atoms with Crippen LogP contribution in [0.1, 0.15) is 12.6 Å². The van der Waals surface area contributed by atoms with Gasteiger partial charge in [0.15, 0.2) is 0 Å². The van der Waals surface area contributed by atoms with E-state index in [0.717, 1.165) is 17.5 Å². The van der Waals surface area contributed by atoms with Crippen molar-refractivity contribution in [3.63, 3.8) is 0 Å².